The first-order valence-corrected chi connectivity index (χ1v) is 5.39. The van der Waals surface area contributed by atoms with Gasteiger partial charge < -0.3 is 9.84 Å². The van der Waals surface area contributed by atoms with Gasteiger partial charge >= 0.3 is 0 Å². The number of hydrogen-bond donors (Lipinski definition) is 1. The molecule has 0 amide bonds. The van der Waals surface area contributed by atoms with E-state index in [1.54, 1.807) is 6.92 Å². The third-order valence-corrected chi connectivity index (χ3v) is 3.25. The molecule has 1 heterocycles. The summed E-state index contributed by atoms with van der Waals surface area (Å²) >= 11 is 0. The lowest BCUT2D eigenvalue weighted by Crippen LogP contribution is -2.34. The van der Waals surface area contributed by atoms with Gasteiger partial charge in [-0.15, -0.1) is 0 Å². The van der Waals surface area contributed by atoms with E-state index < -0.39 is 5.60 Å². The largest absolute Gasteiger partial charge is 0.507 e. The van der Waals surface area contributed by atoms with Crippen molar-refractivity contribution < 1.29 is 9.84 Å². The Balaban J connectivity index is 2.53. The van der Waals surface area contributed by atoms with Gasteiger partial charge in [-0.3, -0.25) is 0 Å². The highest BCUT2D eigenvalue weighted by Gasteiger charge is 2.32. The molecule has 0 aromatic heterocycles. The number of nitriles is 1. The Hall–Kier alpha value is -1.69. The molecule has 2 rings (SSSR count). The zero-order valence-electron chi connectivity index (χ0n) is 9.79. The predicted octanol–water partition coefficient (Wildman–Crippen LogP) is 2.62. The standard InChI is InChI=1S/C13H15NO2/c1-8-6-11-10(9(2)12(8)15)4-5-13(3,7-14)16-11/h6,15H,4-5H2,1-3H3. The van der Waals surface area contributed by atoms with E-state index in [-0.39, 0.29) is 0 Å². The summed E-state index contributed by atoms with van der Waals surface area (Å²) in [4.78, 5) is 0. The lowest BCUT2D eigenvalue weighted by atomic mass is 9.90. The summed E-state index contributed by atoms with van der Waals surface area (Å²) < 4.78 is 5.71. The second-order valence-electron chi connectivity index (χ2n) is 4.59. The number of benzene rings is 1. The number of aromatic hydroxyl groups is 1. The Labute approximate surface area is 95.3 Å². The second-order valence-corrected chi connectivity index (χ2v) is 4.59. The SMILES string of the molecule is Cc1cc2c(c(C)c1O)CCC(C)(C#N)O2. The van der Waals surface area contributed by atoms with Crippen molar-refractivity contribution in [2.45, 2.75) is 39.2 Å². The average Bonchev–Trinajstić information content (AvgIpc) is 2.26. The van der Waals surface area contributed by atoms with Crippen LogP contribution in [0.3, 0.4) is 0 Å². The molecule has 16 heavy (non-hydrogen) atoms. The molecule has 1 N–H and O–H groups in total. The van der Waals surface area contributed by atoms with Crippen molar-refractivity contribution in [2.24, 2.45) is 0 Å². The minimum absolute atomic E-state index is 0.336. The number of nitrogens with zero attached hydrogens (tertiary/aromatic N) is 1. The van der Waals surface area contributed by atoms with E-state index in [1.165, 1.54) is 0 Å². The molecule has 3 nitrogen and oxygen atoms in total. The number of rotatable bonds is 0. The molecule has 1 atom stereocenters. The molecule has 0 saturated carbocycles. The molecule has 1 aliphatic rings. The number of fused-ring (bicyclic) bond motifs is 1. The number of aryl methyl sites for hydroxylation is 1. The molecule has 0 radical (unpaired) electrons. The predicted molar refractivity (Wildman–Crippen MR) is 60.5 cm³/mol. The molecule has 0 spiro atoms. The normalized spacial score (nSPS) is 23.1. The third kappa shape index (κ3) is 1.51. The van der Waals surface area contributed by atoms with Gasteiger partial charge in [-0.05, 0) is 44.4 Å². The van der Waals surface area contributed by atoms with Crippen LogP contribution >= 0.6 is 0 Å². The average molecular weight is 217 g/mol. The highest BCUT2D eigenvalue weighted by Crippen LogP contribution is 2.39. The van der Waals surface area contributed by atoms with Crippen molar-refractivity contribution in [1.82, 2.24) is 0 Å². The summed E-state index contributed by atoms with van der Waals surface area (Å²) in [6.45, 7) is 5.53. The zero-order chi connectivity index (χ0) is 11.9. The molecule has 1 aromatic carbocycles. The molecule has 3 heteroatoms. The van der Waals surface area contributed by atoms with Crippen LogP contribution in [-0.4, -0.2) is 10.7 Å². The molecule has 1 aliphatic heterocycles. The smallest absolute Gasteiger partial charge is 0.191 e. The van der Waals surface area contributed by atoms with Crippen LogP contribution in [-0.2, 0) is 6.42 Å². The van der Waals surface area contributed by atoms with Crippen molar-refractivity contribution in [2.75, 3.05) is 0 Å². The van der Waals surface area contributed by atoms with Crippen LogP contribution in [0.1, 0.15) is 30.0 Å². The fourth-order valence-electron chi connectivity index (χ4n) is 2.11. The first-order chi connectivity index (χ1) is 7.47. The van der Waals surface area contributed by atoms with Gasteiger partial charge in [-0.1, -0.05) is 0 Å². The van der Waals surface area contributed by atoms with Gasteiger partial charge in [0.25, 0.3) is 0 Å². The summed E-state index contributed by atoms with van der Waals surface area (Å²) in [7, 11) is 0. The monoisotopic (exact) mass is 217 g/mol. The summed E-state index contributed by atoms with van der Waals surface area (Å²) in [5.41, 5.74) is 1.95. The second kappa shape index (κ2) is 3.41. The van der Waals surface area contributed by atoms with Crippen LogP contribution in [0.5, 0.6) is 11.5 Å². The Morgan fingerprint density at radius 1 is 1.50 bits per heavy atom. The van der Waals surface area contributed by atoms with E-state index >= 15 is 0 Å². The van der Waals surface area contributed by atoms with Crippen molar-refractivity contribution in [3.8, 4) is 17.6 Å². The maximum Gasteiger partial charge on any atom is 0.191 e. The van der Waals surface area contributed by atoms with Crippen LogP contribution in [0.4, 0.5) is 0 Å². The molecule has 0 bridgehead atoms. The van der Waals surface area contributed by atoms with Gasteiger partial charge in [-0.25, -0.2) is 0 Å². The van der Waals surface area contributed by atoms with E-state index in [0.717, 1.165) is 28.9 Å². The third-order valence-electron chi connectivity index (χ3n) is 3.25. The fourth-order valence-corrected chi connectivity index (χ4v) is 2.11. The molecule has 84 valence electrons. The maximum atomic E-state index is 9.83. The Morgan fingerprint density at radius 2 is 2.19 bits per heavy atom. The van der Waals surface area contributed by atoms with Crippen molar-refractivity contribution in [3.05, 3.63) is 22.8 Å². The molecule has 0 fully saturated rings. The maximum absolute atomic E-state index is 9.83. The van der Waals surface area contributed by atoms with E-state index in [2.05, 4.69) is 6.07 Å². The van der Waals surface area contributed by atoms with Crippen LogP contribution < -0.4 is 4.74 Å². The molecular weight excluding hydrogens is 202 g/mol. The van der Waals surface area contributed by atoms with Crippen molar-refractivity contribution >= 4 is 0 Å². The van der Waals surface area contributed by atoms with Crippen LogP contribution in [0.25, 0.3) is 0 Å². The minimum atomic E-state index is -0.733. The van der Waals surface area contributed by atoms with Crippen LogP contribution in [0.2, 0.25) is 0 Å². The van der Waals surface area contributed by atoms with Gasteiger partial charge in [0.2, 0.25) is 0 Å². The highest BCUT2D eigenvalue weighted by molar-refractivity contribution is 5.53. The summed E-state index contributed by atoms with van der Waals surface area (Å²) in [5, 5.41) is 18.9. The van der Waals surface area contributed by atoms with Gasteiger partial charge in [-0.2, -0.15) is 5.26 Å². The lowest BCUT2D eigenvalue weighted by Gasteiger charge is -2.31. The number of ether oxygens (including phenoxy) is 1. The summed E-state index contributed by atoms with van der Waals surface area (Å²) in [6.07, 6.45) is 1.44. The molecule has 0 aliphatic carbocycles. The van der Waals surface area contributed by atoms with E-state index in [9.17, 15) is 5.11 Å². The Kier molecular flexibility index (Phi) is 2.31. The molecule has 0 saturated heterocycles. The molecule has 1 unspecified atom stereocenters. The topological polar surface area (TPSA) is 53.2 Å². The minimum Gasteiger partial charge on any atom is -0.507 e. The van der Waals surface area contributed by atoms with Crippen molar-refractivity contribution in [1.29, 1.82) is 5.26 Å². The van der Waals surface area contributed by atoms with Gasteiger partial charge in [0.05, 0.1) is 0 Å². The van der Waals surface area contributed by atoms with Gasteiger partial charge in [0.1, 0.15) is 17.6 Å². The Morgan fingerprint density at radius 3 is 2.81 bits per heavy atom. The van der Waals surface area contributed by atoms with Crippen molar-refractivity contribution in [3.63, 3.8) is 0 Å². The first kappa shape index (κ1) is 10.8. The zero-order valence-corrected chi connectivity index (χ0v) is 9.79. The van der Waals surface area contributed by atoms with E-state index in [4.69, 9.17) is 10.00 Å². The molecular formula is C13H15NO2. The lowest BCUT2D eigenvalue weighted by molar-refractivity contribution is 0.121. The van der Waals surface area contributed by atoms with Crippen LogP contribution in [0.15, 0.2) is 6.07 Å². The first-order valence-electron chi connectivity index (χ1n) is 5.39. The van der Waals surface area contributed by atoms with E-state index in [1.807, 2.05) is 19.9 Å². The highest BCUT2D eigenvalue weighted by atomic mass is 16.5. The van der Waals surface area contributed by atoms with Gasteiger partial charge in [0.15, 0.2) is 5.60 Å². The van der Waals surface area contributed by atoms with Gasteiger partial charge in [0, 0.05) is 12.0 Å². The molecule has 1 aromatic rings. The quantitative estimate of drug-likeness (QED) is 0.726. The number of phenolic OH excluding ortho intramolecular Hbond substituents is 1. The summed E-state index contributed by atoms with van der Waals surface area (Å²) in [6, 6.07) is 4.00. The Bertz CT molecular complexity index is 488. The number of hydrogen-bond acceptors (Lipinski definition) is 3. The van der Waals surface area contributed by atoms with Crippen LogP contribution in [0, 0.1) is 25.2 Å². The number of phenols is 1. The van der Waals surface area contributed by atoms with E-state index in [0.29, 0.717) is 12.2 Å². The summed E-state index contributed by atoms with van der Waals surface area (Å²) in [5.74, 6) is 1.08. The fraction of sp³-hybridized carbons (Fsp3) is 0.462.